The van der Waals surface area contributed by atoms with Crippen LogP contribution in [0.3, 0.4) is 0 Å². The first-order chi connectivity index (χ1) is 8.85. The molecular formula is C15H20Cl2N2. The van der Waals surface area contributed by atoms with E-state index in [-0.39, 0.29) is 5.41 Å². The SMILES string of the molecule is Cc1cc(Cl)c(NCCCCC(C)(C)C#N)cc1Cl. The number of unbranched alkanes of at least 4 members (excludes halogenated alkanes) is 1. The summed E-state index contributed by atoms with van der Waals surface area (Å²) in [5.41, 5.74) is 1.62. The third-order valence-corrected chi connectivity index (χ3v) is 3.81. The first kappa shape index (κ1) is 16.1. The van der Waals surface area contributed by atoms with Crippen LogP contribution in [-0.4, -0.2) is 6.54 Å². The van der Waals surface area contributed by atoms with Crippen molar-refractivity contribution in [3.05, 3.63) is 27.7 Å². The minimum atomic E-state index is -0.231. The summed E-state index contributed by atoms with van der Waals surface area (Å²) in [6, 6.07) is 6.04. The molecule has 0 bridgehead atoms. The second-order valence-corrected chi connectivity index (χ2v) is 6.28. The smallest absolute Gasteiger partial charge is 0.0683 e. The van der Waals surface area contributed by atoms with Gasteiger partial charge in [0.15, 0.2) is 0 Å². The molecule has 0 saturated carbocycles. The average Bonchev–Trinajstić information content (AvgIpc) is 2.35. The molecule has 104 valence electrons. The Morgan fingerprint density at radius 1 is 1.21 bits per heavy atom. The number of rotatable bonds is 6. The molecule has 19 heavy (non-hydrogen) atoms. The summed E-state index contributed by atoms with van der Waals surface area (Å²) in [6.45, 7) is 6.71. The quantitative estimate of drug-likeness (QED) is 0.710. The number of hydrogen-bond acceptors (Lipinski definition) is 2. The molecule has 0 aliphatic carbocycles. The van der Waals surface area contributed by atoms with Crippen LogP contribution in [0.5, 0.6) is 0 Å². The Balaban J connectivity index is 2.39. The molecule has 2 nitrogen and oxygen atoms in total. The van der Waals surface area contributed by atoms with Crippen molar-refractivity contribution >= 4 is 28.9 Å². The van der Waals surface area contributed by atoms with E-state index in [1.165, 1.54) is 0 Å². The number of aryl methyl sites for hydroxylation is 1. The van der Waals surface area contributed by atoms with Gasteiger partial charge in [0.1, 0.15) is 0 Å². The number of benzene rings is 1. The summed E-state index contributed by atoms with van der Waals surface area (Å²) in [7, 11) is 0. The van der Waals surface area contributed by atoms with Crippen molar-refractivity contribution in [2.45, 2.75) is 40.0 Å². The fraction of sp³-hybridized carbons (Fsp3) is 0.533. The highest BCUT2D eigenvalue weighted by Gasteiger charge is 2.15. The van der Waals surface area contributed by atoms with Crippen molar-refractivity contribution in [3.63, 3.8) is 0 Å². The van der Waals surface area contributed by atoms with Gasteiger partial charge in [-0.05, 0) is 51.3 Å². The molecule has 0 atom stereocenters. The molecule has 1 aromatic carbocycles. The summed E-state index contributed by atoms with van der Waals surface area (Å²) >= 11 is 12.2. The van der Waals surface area contributed by atoms with E-state index in [1.54, 1.807) is 0 Å². The summed E-state index contributed by atoms with van der Waals surface area (Å²) in [5, 5.41) is 13.6. The number of nitriles is 1. The van der Waals surface area contributed by atoms with Gasteiger partial charge < -0.3 is 5.32 Å². The van der Waals surface area contributed by atoms with Crippen LogP contribution in [0.4, 0.5) is 5.69 Å². The van der Waals surface area contributed by atoms with Crippen molar-refractivity contribution in [3.8, 4) is 6.07 Å². The van der Waals surface area contributed by atoms with E-state index in [0.717, 1.165) is 42.1 Å². The highest BCUT2D eigenvalue weighted by Crippen LogP contribution is 2.29. The van der Waals surface area contributed by atoms with Gasteiger partial charge in [0.2, 0.25) is 0 Å². The van der Waals surface area contributed by atoms with Gasteiger partial charge >= 0.3 is 0 Å². The zero-order valence-electron chi connectivity index (χ0n) is 11.7. The van der Waals surface area contributed by atoms with Crippen LogP contribution in [0.2, 0.25) is 10.0 Å². The molecule has 4 heteroatoms. The molecule has 0 aliphatic rings. The van der Waals surface area contributed by atoms with Crippen molar-refractivity contribution in [2.24, 2.45) is 5.41 Å². The second kappa shape index (κ2) is 7.03. The maximum absolute atomic E-state index is 8.92. The molecule has 0 spiro atoms. The number of nitrogens with zero attached hydrogens (tertiary/aromatic N) is 1. The molecule has 0 unspecified atom stereocenters. The van der Waals surface area contributed by atoms with Crippen molar-refractivity contribution in [1.82, 2.24) is 0 Å². The largest absolute Gasteiger partial charge is 0.384 e. The molecule has 0 aliphatic heterocycles. The Labute approximate surface area is 125 Å². The van der Waals surface area contributed by atoms with E-state index in [0.29, 0.717) is 5.02 Å². The van der Waals surface area contributed by atoms with Crippen molar-refractivity contribution in [2.75, 3.05) is 11.9 Å². The molecule has 1 rings (SSSR count). The lowest BCUT2D eigenvalue weighted by Gasteiger charge is -2.15. The Morgan fingerprint density at radius 2 is 1.89 bits per heavy atom. The Hall–Kier alpha value is -0.910. The molecule has 0 saturated heterocycles. The Bertz CT molecular complexity index is 476. The first-order valence-electron chi connectivity index (χ1n) is 6.46. The Morgan fingerprint density at radius 3 is 2.53 bits per heavy atom. The standard InChI is InChI=1S/C15H20Cl2N2/c1-11-8-13(17)14(9-12(11)16)19-7-5-4-6-15(2,3)10-18/h8-9,19H,4-7H2,1-3H3. The number of halogens is 2. The summed E-state index contributed by atoms with van der Waals surface area (Å²) in [5.74, 6) is 0. The maximum Gasteiger partial charge on any atom is 0.0683 e. The van der Waals surface area contributed by atoms with Gasteiger partial charge in [-0.2, -0.15) is 5.26 Å². The zero-order chi connectivity index (χ0) is 14.5. The molecule has 0 amide bonds. The van der Waals surface area contributed by atoms with Gasteiger partial charge in [-0.25, -0.2) is 0 Å². The van der Waals surface area contributed by atoms with Crippen LogP contribution < -0.4 is 5.32 Å². The number of hydrogen-bond donors (Lipinski definition) is 1. The number of nitrogens with one attached hydrogen (secondary N) is 1. The van der Waals surface area contributed by atoms with Crippen LogP contribution in [0, 0.1) is 23.7 Å². The third kappa shape index (κ3) is 5.30. The summed E-state index contributed by atoms with van der Waals surface area (Å²) in [6.07, 6.45) is 2.94. The summed E-state index contributed by atoms with van der Waals surface area (Å²) in [4.78, 5) is 0. The van der Waals surface area contributed by atoms with E-state index >= 15 is 0 Å². The molecule has 0 fully saturated rings. The first-order valence-corrected chi connectivity index (χ1v) is 7.22. The lowest BCUT2D eigenvalue weighted by Crippen LogP contribution is -2.09. The molecule has 0 heterocycles. The second-order valence-electron chi connectivity index (χ2n) is 5.46. The van der Waals surface area contributed by atoms with Gasteiger partial charge in [0.05, 0.1) is 22.2 Å². The maximum atomic E-state index is 8.92. The molecule has 1 N–H and O–H groups in total. The fourth-order valence-corrected chi connectivity index (χ4v) is 2.20. The van der Waals surface area contributed by atoms with E-state index in [2.05, 4.69) is 11.4 Å². The predicted molar refractivity (Wildman–Crippen MR) is 82.9 cm³/mol. The highest BCUT2D eigenvalue weighted by molar-refractivity contribution is 6.35. The van der Waals surface area contributed by atoms with Gasteiger partial charge in [0.25, 0.3) is 0 Å². The Kier molecular flexibility index (Phi) is 5.97. The minimum Gasteiger partial charge on any atom is -0.384 e. The topological polar surface area (TPSA) is 35.8 Å². The predicted octanol–water partition coefficient (Wildman–Crippen LogP) is 5.43. The van der Waals surface area contributed by atoms with Crippen LogP contribution in [0.1, 0.15) is 38.7 Å². The van der Waals surface area contributed by atoms with Crippen LogP contribution in [0.25, 0.3) is 0 Å². The lowest BCUT2D eigenvalue weighted by molar-refractivity contribution is 0.430. The zero-order valence-corrected chi connectivity index (χ0v) is 13.2. The van der Waals surface area contributed by atoms with Gasteiger partial charge in [-0.15, -0.1) is 0 Å². The van der Waals surface area contributed by atoms with Crippen molar-refractivity contribution in [1.29, 1.82) is 5.26 Å². The van der Waals surface area contributed by atoms with E-state index in [1.807, 2.05) is 32.9 Å². The van der Waals surface area contributed by atoms with Gasteiger partial charge in [-0.1, -0.05) is 29.6 Å². The van der Waals surface area contributed by atoms with E-state index in [9.17, 15) is 0 Å². The average molecular weight is 299 g/mol. The van der Waals surface area contributed by atoms with Crippen molar-refractivity contribution < 1.29 is 0 Å². The fourth-order valence-electron chi connectivity index (χ4n) is 1.75. The molecule has 1 aromatic rings. The van der Waals surface area contributed by atoms with Crippen LogP contribution in [0.15, 0.2) is 12.1 Å². The van der Waals surface area contributed by atoms with E-state index in [4.69, 9.17) is 28.5 Å². The highest BCUT2D eigenvalue weighted by atomic mass is 35.5. The van der Waals surface area contributed by atoms with Crippen LogP contribution >= 0.6 is 23.2 Å². The van der Waals surface area contributed by atoms with Gasteiger partial charge in [0, 0.05) is 11.6 Å². The van der Waals surface area contributed by atoms with E-state index < -0.39 is 0 Å². The summed E-state index contributed by atoms with van der Waals surface area (Å²) < 4.78 is 0. The molecule has 0 aromatic heterocycles. The monoisotopic (exact) mass is 298 g/mol. The third-order valence-electron chi connectivity index (χ3n) is 3.09. The van der Waals surface area contributed by atoms with Gasteiger partial charge in [-0.3, -0.25) is 0 Å². The lowest BCUT2D eigenvalue weighted by atomic mass is 9.89. The molecular weight excluding hydrogens is 279 g/mol. The minimum absolute atomic E-state index is 0.231. The molecule has 0 radical (unpaired) electrons. The normalized spacial score (nSPS) is 11.2. The number of anilines is 1. The van der Waals surface area contributed by atoms with Crippen LogP contribution in [-0.2, 0) is 0 Å².